The van der Waals surface area contributed by atoms with Crippen molar-refractivity contribution in [2.75, 3.05) is 0 Å². The molecule has 0 unspecified atom stereocenters. The lowest BCUT2D eigenvalue weighted by atomic mass is 10.1. The number of carbonyl (C=O) groups is 1. The standard InChI is InChI=1S/C14H9FN2O2/c15-10-2-1-3-11(7-10)19-13-5-4-9(8-16)6-12(13)14(17)18/h1-7H,(H2,17,18). The lowest BCUT2D eigenvalue weighted by Crippen LogP contribution is -2.12. The van der Waals surface area contributed by atoms with Gasteiger partial charge in [0.1, 0.15) is 17.3 Å². The predicted molar refractivity (Wildman–Crippen MR) is 66.1 cm³/mol. The lowest BCUT2D eigenvalue weighted by molar-refractivity contribution is 0.0998. The third-order valence-electron chi connectivity index (χ3n) is 2.40. The van der Waals surface area contributed by atoms with Gasteiger partial charge in [-0.15, -0.1) is 0 Å². The molecule has 19 heavy (non-hydrogen) atoms. The number of hydrogen-bond acceptors (Lipinski definition) is 3. The van der Waals surface area contributed by atoms with E-state index in [1.54, 1.807) is 6.07 Å². The second kappa shape index (κ2) is 5.19. The van der Waals surface area contributed by atoms with E-state index < -0.39 is 11.7 Å². The molecular weight excluding hydrogens is 247 g/mol. The third-order valence-corrected chi connectivity index (χ3v) is 2.40. The van der Waals surface area contributed by atoms with Gasteiger partial charge in [-0.2, -0.15) is 5.26 Å². The zero-order valence-electron chi connectivity index (χ0n) is 9.76. The number of nitrogens with zero attached hydrogens (tertiary/aromatic N) is 1. The van der Waals surface area contributed by atoms with Crippen LogP contribution in [0.4, 0.5) is 4.39 Å². The van der Waals surface area contributed by atoms with Crippen LogP contribution in [0.15, 0.2) is 42.5 Å². The Morgan fingerprint density at radius 2 is 2.05 bits per heavy atom. The van der Waals surface area contributed by atoms with Gasteiger partial charge < -0.3 is 10.5 Å². The molecule has 0 aliphatic carbocycles. The first kappa shape index (κ1) is 12.6. The average Bonchev–Trinajstić information content (AvgIpc) is 2.39. The number of amides is 1. The largest absolute Gasteiger partial charge is 0.456 e. The number of halogens is 1. The van der Waals surface area contributed by atoms with Crippen LogP contribution in [0.25, 0.3) is 0 Å². The Morgan fingerprint density at radius 3 is 2.68 bits per heavy atom. The van der Waals surface area contributed by atoms with Crippen LogP contribution in [0.1, 0.15) is 15.9 Å². The molecular formula is C14H9FN2O2. The van der Waals surface area contributed by atoms with Gasteiger partial charge in [0.2, 0.25) is 0 Å². The van der Waals surface area contributed by atoms with Crippen molar-refractivity contribution in [3.05, 3.63) is 59.4 Å². The van der Waals surface area contributed by atoms with E-state index in [0.717, 1.165) is 0 Å². The van der Waals surface area contributed by atoms with Crippen molar-refractivity contribution in [1.29, 1.82) is 5.26 Å². The quantitative estimate of drug-likeness (QED) is 0.916. The van der Waals surface area contributed by atoms with Crippen LogP contribution in [-0.2, 0) is 0 Å². The number of rotatable bonds is 3. The van der Waals surface area contributed by atoms with Crippen LogP contribution < -0.4 is 10.5 Å². The Hall–Kier alpha value is -2.87. The Labute approximate surface area is 108 Å². The van der Waals surface area contributed by atoms with Crippen LogP contribution in [0.2, 0.25) is 0 Å². The number of primary amides is 1. The third kappa shape index (κ3) is 2.87. The summed E-state index contributed by atoms with van der Waals surface area (Å²) in [6.45, 7) is 0. The van der Waals surface area contributed by atoms with Crippen LogP contribution >= 0.6 is 0 Å². The van der Waals surface area contributed by atoms with E-state index in [9.17, 15) is 9.18 Å². The molecule has 5 heteroatoms. The van der Waals surface area contributed by atoms with Gasteiger partial charge in [0.05, 0.1) is 17.2 Å². The van der Waals surface area contributed by atoms with Gasteiger partial charge in [-0.3, -0.25) is 4.79 Å². The predicted octanol–water partition coefficient (Wildman–Crippen LogP) is 2.59. The first-order chi connectivity index (χ1) is 9.10. The fourth-order valence-corrected chi connectivity index (χ4v) is 1.54. The fraction of sp³-hybridized carbons (Fsp3) is 0. The molecule has 2 aromatic carbocycles. The van der Waals surface area contributed by atoms with Crippen molar-refractivity contribution in [2.45, 2.75) is 0 Å². The normalized spacial score (nSPS) is 9.68. The van der Waals surface area contributed by atoms with Crippen molar-refractivity contribution < 1.29 is 13.9 Å². The molecule has 4 nitrogen and oxygen atoms in total. The topological polar surface area (TPSA) is 76.1 Å². The van der Waals surface area contributed by atoms with Crippen molar-refractivity contribution in [3.63, 3.8) is 0 Å². The molecule has 0 heterocycles. The van der Waals surface area contributed by atoms with Crippen molar-refractivity contribution in [1.82, 2.24) is 0 Å². The lowest BCUT2D eigenvalue weighted by Gasteiger charge is -2.09. The van der Waals surface area contributed by atoms with Gasteiger partial charge in [0.15, 0.2) is 0 Å². The van der Waals surface area contributed by atoms with E-state index in [2.05, 4.69) is 0 Å². The summed E-state index contributed by atoms with van der Waals surface area (Å²) < 4.78 is 18.4. The molecule has 0 radical (unpaired) electrons. The minimum Gasteiger partial charge on any atom is -0.456 e. The molecule has 0 saturated heterocycles. The number of benzene rings is 2. The second-order valence-corrected chi connectivity index (χ2v) is 3.75. The highest BCUT2D eigenvalue weighted by Gasteiger charge is 2.11. The maximum absolute atomic E-state index is 13.0. The molecule has 0 saturated carbocycles. The van der Waals surface area contributed by atoms with Gasteiger partial charge in [0.25, 0.3) is 5.91 Å². The molecule has 94 valence electrons. The maximum Gasteiger partial charge on any atom is 0.252 e. The maximum atomic E-state index is 13.0. The van der Waals surface area contributed by atoms with Crippen LogP contribution in [0.5, 0.6) is 11.5 Å². The van der Waals surface area contributed by atoms with Gasteiger partial charge in [0, 0.05) is 6.07 Å². The number of ether oxygens (including phenoxy) is 1. The summed E-state index contributed by atoms with van der Waals surface area (Å²) in [4.78, 5) is 11.3. The fourth-order valence-electron chi connectivity index (χ4n) is 1.54. The van der Waals surface area contributed by atoms with Crippen LogP contribution in [0, 0.1) is 17.1 Å². The van der Waals surface area contributed by atoms with E-state index in [-0.39, 0.29) is 17.1 Å². The minimum absolute atomic E-state index is 0.0725. The molecule has 0 bridgehead atoms. The highest BCUT2D eigenvalue weighted by molar-refractivity contribution is 5.96. The zero-order valence-corrected chi connectivity index (χ0v) is 9.76. The molecule has 2 N–H and O–H groups in total. The van der Waals surface area contributed by atoms with Gasteiger partial charge in [-0.1, -0.05) is 6.07 Å². The number of nitriles is 1. The first-order valence-corrected chi connectivity index (χ1v) is 5.37. The van der Waals surface area contributed by atoms with E-state index in [4.69, 9.17) is 15.7 Å². The Kier molecular flexibility index (Phi) is 3.44. The molecule has 0 spiro atoms. The van der Waals surface area contributed by atoms with Gasteiger partial charge in [-0.25, -0.2) is 4.39 Å². The molecule has 2 aromatic rings. The average molecular weight is 256 g/mol. The number of carbonyl (C=O) groups excluding carboxylic acids is 1. The van der Waals surface area contributed by atoms with E-state index in [1.807, 2.05) is 6.07 Å². The molecule has 0 fully saturated rings. The highest BCUT2D eigenvalue weighted by atomic mass is 19.1. The summed E-state index contributed by atoms with van der Waals surface area (Å²) in [6, 6.07) is 11.7. The molecule has 2 rings (SSSR count). The van der Waals surface area contributed by atoms with E-state index in [1.165, 1.54) is 36.4 Å². The number of hydrogen-bond donors (Lipinski definition) is 1. The summed E-state index contributed by atoms with van der Waals surface area (Å²) >= 11 is 0. The summed E-state index contributed by atoms with van der Waals surface area (Å²) in [5.41, 5.74) is 5.58. The number of nitrogens with two attached hydrogens (primary N) is 1. The monoisotopic (exact) mass is 256 g/mol. The second-order valence-electron chi connectivity index (χ2n) is 3.75. The molecule has 0 aliphatic heterocycles. The minimum atomic E-state index is -0.719. The van der Waals surface area contributed by atoms with E-state index >= 15 is 0 Å². The Morgan fingerprint density at radius 1 is 1.26 bits per heavy atom. The highest BCUT2D eigenvalue weighted by Crippen LogP contribution is 2.26. The van der Waals surface area contributed by atoms with Crippen LogP contribution in [0.3, 0.4) is 0 Å². The summed E-state index contributed by atoms with van der Waals surface area (Å²) in [7, 11) is 0. The van der Waals surface area contributed by atoms with E-state index in [0.29, 0.717) is 5.56 Å². The Bertz CT molecular complexity index is 677. The SMILES string of the molecule is N#Cc1ccc(Oc2cccc(F)c2)c(C(N)=O)c1. The molecule has 0 atom stereocenters. The van der Waals surface area contributed by atoms with Crippen molar-refractivity contribution in [2.24, 2.45) is 5.73 Å². The summed E-state index contributed by atoms with van der Waals surface area (Å²) in [5.74, 6) is -0.750. The van der Waals surface area contributed by atoms with Crippen molar-refractivity contribution in [3.8, 4) is 17.6 Å². The first-order valence-electron chi connectivity index (χ1n) is 5.37. The molecule has 0 aliphatic rings. The van der Waals surface area contributed by atoms with Crippen LogP contribution in [-0.4, -0.2) is 5.91 Å². The van der Waals surface area contributed by atoms with Gasteiger partial charge >= 0.3 is 0 Å². The molecule has 1 amide bonds. The summed E-state index contributed by atoms with van der Waals surface area (Å²) in [5, 5.41) is 8.77. The van der Waals surface area contributed by atoms with Crippen molar-refractivity contribution >= 4 is 5.91 Å². The van der Waals surface area contributed by atoms with Gasteiger partial charge in [-0.05, 0) is 30.3 Å². The molecule has 0 aromatic heterocycles. The Balaban J connectivity index is 2.40. The smallest absolute Gasteiger partial charge is 0.252 e. The zero-order chi connectivity index (χ0) is 13.8. The summed E-state index contributed by atoms with van der Waals surface area (Å²) in [6.07, 6.45) is 0.